The summed E-state index contributed by atoms with van der Waals surface area (Å²) in [5.74, 6) is 2.15. The number of methoxy groups -OCH3 is 3. The zero-order chi connectivity index (χ0) is 16.8. The molecular formula is C18H32N2O3+2. The number of hydrogen-bond donors (Lipinski definition) is 2. The van der Waals surface area contributed by atoms with Crippen LogP contribution in [-0.4, -0.2) is 53.6 Å². The summed E-state index contributed by atoms with van der Waals surface area (Å²) in [5.41, 5.74) is 1.24. The van der Waals surface area contributed by atoms with E-state index >= 15 is 0 Å². The van der Waals surface area contributed by atoms with Crippen LogP contribution in [0.3, 0.4) is 0 Å². The van der Waals surface area contributed by atoms with Gasteiger partial charge in [0.05, 0.1) is 27.4 Å². The Balaban J connectivity index is 2.04. The van der Waals surface area contributed by atoms with Gasteiger partial charge in [-0.3, -0.25) is 0 Å². The number of ether oxygens (including phenoxy) is 3. The molecule has 1 aromatic carbocycles. The lowest BCUT2D eigenvalue weighted by atomic mass is 10.1. The molecule has 1 aliphatic heterocycles. The van der Waals surface area contributed by atoms with Crippen molar-refractivity contribution in [3.63, 3.8) is 0 Å². The average Bonchev–Trinajstić information content (AvgIpc) is 2.60. The van der Waals surface area contributed by atoms with Gasteiger partial charge in [0.1, 0.15) is 32.7 Å². The predicted octanol–water partition coefficient (Wildman–Crippen LogP) is -0.206. The van der Waals surface area contributed by atoms with Crippen LogP contribution in [0.2, 0.25) is 0 Å². The van der Waals surface area contributed by atoms with E-state index in [2.05, 4.69) is 26.0 Å². The van der Waals surface area contributed by atoms with Crippen LogP contribution in [0.1, 0.15) is 25.8 Å². The summed E-state index contributed by atoms with van der Waals surface area (Å²) in [6, 6.07) is 4.92. The molecule has 2 N–H and O–H groups in total. The predicted molar refractivity (Wildman–Crippen MR) is 90.9 cm³/mol. The summed E-state index contributed by atoms with van der Waals surface area (Å²) < 4.78 is 16.3. The highest BCUT2D eigenvalue weighted by atomic mass is 16.5. The van der Waals surface area contributed by atoms with E-state index in [0.717, 1.165) is 24.1 Å². The highest BCUT2D eigenvalue weighted by Gasteiger charge is 2.26. The van der Waals surface area contributed by atoms with Gasteiger partial charge in [-0.05, 0) is 25.5 Å². The van der Waals surface area contributed by atoms with Crippen molar-refractivity contribution in [2.24, 2.45) is 0 Å². The molecular weight excluding hydrogens is 292 g/mol. The molecule has 1 atom stereocenters. The van der Waals surface area contributed by atoms with Gasteiger partial charge < -0.3 is 24.0 Å². The van der Waals surface area contributed by atoms with Crippen LogP contribution in [-0.2, 0) is 6.54 Å². The Kier molecular flexibility index (Phi) is 6.54. The van der Waals surface area contributed by atoms with E-state index in [-0.39, 0.29) is 0 Å². The van der Waals surface area contributed by atoms with Gasteiger partial charge in [-0.15, -0.1) is 0 Å². The number of benzene rings is 1. The maximum atomic E-state index is 5.45. The van der Waals surface area contributed by atoms with Crippen LogP contribution >= 0.6 is 0 Å². The third kappa shape index (κ3) is 4.30. The first kappa shape index (κ1) is 17.9. The monoisotopic (exact) mass is 324 g/mol. The van der Waals surface area contributed by atoms with E-state index < -0.39 is 0 Å². The lowest BCUT2D eigenvalue weighted by Crippen LogP contribution is -3.29. The smallest absolute Gasteiger partial charge is 0.203 e. The Hall–Kier alpha value is -1.46. The van der Waals surface area contributed by atoms with Gasteiger partial charge in [0.25, 0.3) is 0 Å². The van der Waals surface area contributed by atoms with Gasteiger partial charge in [0.2, 0.25) is 5.75 Å². The molecule has 130 valence electrons. The van der Waals surface area contributed by atoms with Gasteiger partial charge in [-0.25, -0.2) is 0 Å². The van der Waals surface area contributed by atoms with Crippen molar-refractivity contribution >= 4 is 0 Å². The minimum absolute atomic E-state index is 0.666. The summed E-state index contributed by atoms with van der Waals surface area (Å²) in [4.78, 5) is 3.38. The van der Waals surface area contributed by atoms with Crippen LogP contribution in [0.25, 0.3) is 0 Å². The molecule has 0 amide bonds. The molecule has 0 saturated carbocycles. The molecule has 5 nitrogen and oxygen atoms in total. The van der Waals surface area contributed by atoms with Crippen LogP contribution in [0.5, 0.6) is 17.2 Å². The van der Waals surface area contributed by atoms with Gasteiger partial charge in [-0.1, -0.05) is 6.92 Å². The highest BCUT2D eigenvalue weighted by Crippen LogP contribution is 2.37. The van der Waals surface area contributed by atoms with Gasteiger partial charge in [0, 0.05) is 5.56 Å². The number of nitrogens with one attached hydrogen (secondary N) is 2. The first-order valence-corrected chi connectivity index (χ1v) is 8.59. The Morgan fingerprint density at radius 2 is 1.52 bits per heavy atom. The third-order valence-corrected chi connectivity index (χ3v) is 5.09. The van der Waals surface area contributed by atoms with Gasteiger partial charge >= 0.3 is 0 Å². The molecule has 2 rings (SSSR count). The molecule has 1 aromatic rings. The number of rotatable bonds is 7. The lowest BCUT2D eigenvalue weighted by molar-refractivity contribution is -1.03. The van der Waals surface area contributed by atoms with Gasteiger partial charge in [0.15, 0.2) is 11.5 Å². The van der Waals surface area contributed by atoms with E-state index in [9.17, 15) is 0 Å². The second kappa shape index (κ2) is 8.41. The summed E-state index contributed by atoms with van der Waals surface area (Å²) in [5, 5.41) is 0. The summed E-state index contributed by atoms with van der Waals surface area (Å²) in [6.45, 7) is 10.6. The molecule has 5 heteroatoms. The molecule has 0 aromatic heterocycles. The molecule has 0 bridgehead atoms. The quantitative estimate of drug-likeness (QED) is 0.729. The van der Waals surface area contributed by atoms with Crippen molar-refractivity contribution in [1.82, 2.24) is 0 Å². The normalized spacial score (nSPS) is 22.5. The zero-order valence-corrected chi connectivity index (χ0v) is 15.2. The topological polar surface area (TPSA) is 36.6 Å². The van der Waals surface area contributed by atoms with Crippen molar-refractivity contribution in [2.75, 3.05) is 47.5 Å². The maximum Gasteiger partial charge on any atom is 0.203 e. The second-order valence-electron chi connectivity index (χ2n) is 6.43. The van der Waals surface area contributed by atoms with Crippen molar-refractivity contribution in [1.29, 1.82) is 0 Å². The van der Waals surface area contributed by atoms with E-state index in [0.29, 0.717) is 5.75 Å². The fourth-order valence-electron chi connectivity index (χ4n) is 3.41. The molecule has 0 aliphatic carbocycles. The SMILES string of the molecule is CC[C@@H](C)[NH+]1CC[NH+](Cc2cc(OC)c(OC)c(OC)c2)CC1. The molecule has 1 aliphatic rings. The first-order valence-electron chi connectivity index (χ1n) is 8.59. The van der Waals surface area contributed by atoms with E-state index in [4.69, 9.17) is 14.2 Å². The van der Waals surface area contributed by atoms with Crippen molar-refractivity contribution in [2.45, 2.75) is 32.9 Å². The lowest BCUT2D eigenvalue weighted by Gasteiger charge is -2.33. The molecule has 0 unspecified atom stereocenters. The molecule has 0 spiro atoms. The standard InChI is InChI=1S/C18H30N2O3/c1-6-14(2)20-9-7-19(8-10-20)13-15-11-16(21-3)18(23-5)17(12-15)22-4/h11-12,14H,6-10,13H2,1-5H3/p+2/t14-/m1/s1. The third-order valence-electron chi connectivity index (χ3n) is 5.09. The van der Waals surface area contributed by atoms with Crippen LogP contribution in [0.4, 0.5) is 0 Å². The molecule has 0 radical (unpaired) electrons. The number of quaternary nitrogens is 2. The number of hydrogen-bond acceptors (Lipinski definition) is 3. The van der Waals surface area contributed by atoms with E-state index in [1.807, 2.05) is 0 Å². The Morgan fingerprint density at radius 1 is 0.957 bits per heavy atom. The van der Waals surface area contributed by atoms with Gasteiger partial charge in [-0.2, -0.15) is 0 Å². The molecule has 1 saturated heterocycles. The van der Waals surface area contributed by atoms with Crippen molar-refractivity contribution < 1.29 is 24.0 Å². The van der Waals surface area contributed by atoms with Crippen molar-refractivity contribution in [3.05, 3.63) is 17.7 Å². The van der Waals surface area contributed by atoms with Crippen molar-refractivity contribution in [3.8, 4) is 17.2 Å². The average molecular weight is 324 g/mol. The second-order valence-corrected chi connectivity index (χ2v) is 6.43. The fourth-order valence-corrected chi connectivity index (χ4v) is 3.41. The molecule has 1 fully saturated rings. The zero-order valence-electron chi connectivity index (χ0n) is 15.2. The maximum absolute atomic E-state index is 5.45. The Bertz CT molecular complexity index is 474. The van der Waals surface area contributed by atoms with E-state index in [1.54, 1.807) is 31.1 Å². The minimum atomic E-state index is 0.666. The highest BCUT2D eigenvalue weighted by molar-refractivity contribution is 5.53. The van der Waals surface area contributed by atoms with E-state index in [1.165, 1.54) is 38.2 Å². The molecule has 23 heavy (non-hydrogen) atoms. The van der Waals surface area contributed by atoms with Crippen LogP contribution in [0, 0.1) is 0 Å². The Morgan fingerprint density at radius 3 is 1.96 bits per heavy atom. The Labute approximate surface area is 140 Å². The minimum Gasteiger partial charge on any atom is -0.493 e. The van der Waals surface area contributed by atoms with Crippen LogP contribution < -0.4 is 24.0 Å². The van der Waals surface area contributed by atoms with Crippen LogP contribution in [0.15, 0.2) is 12.1 Å². The summed E-state index contributed by atoms with van der Waals surface area (Å²) >= 11 is 0. The summed E-state index contributed by atoms with van der Waals surface area (Å²) in [7, 11) is 4.98. The first-order chi connectivity index (χ1) is 11.1. The fraction of sp³-hybridized carbons (Fsp3) is 0.667. The largest absolute Gasteiger partial charge is 0.493 e. The summed E-state index contributed by atoms with van der Waals surface area (Å²) in [6.07, 6.45) is 1.26. The molecule has 1 heterocycles. The number of piperazine rings is 1.